The highest BCUT2D eigenvalue weighted by molar-refractivity contribution is 7.96. The number of amides is 1. The molecule has 232 valence electrons. The summed E-state index contributed by atoms with van der Waals surface area (Å²) in [6.07, 6.45) is -16.4. The Balaban J connectivity index is 1.42. The van der Waals surface area contributed by atoms with Crippen LogP contribution in [0.3, 0.4) is 0 Å². The van der Waals surface area contributed by atoms with Crippen LogP contribution in [0.5, 0.6) is 0 Å². The first-order valence-electron chi connectivity index (χ1n) is 13.1. The zero-order valence-electron chi connectivity index (χ0n) is 22.2. The van der Waals surface area contributed by atoms with E-state index in [2.05, 4.69) is 9.04 Å². The van der Waals surface area contributed by atoms with Crippen molar-refractivity contribution < 1.29 is 49.0 Å². The van der Waals surface area contributed by atoms with Crippen molar-refractivity contribution in [2.75, 3.05) is 57.0 Å². The van der Waals surface area contributed by atoms with Crippen LogP contribution in [0.1, 0.15) is 36.8 Å². The largest absolute Gasteiger partial charge is 0.434 e. The van der Waals surface area contributed by atoms with Crippen LogP contribution in [0.15, 0.2) is 18.2 Å². The van der Waals surface area contributed by atoms with Gasteiger partial charge in [0.2, 0.25) is 0 Å². The molecule has 1 aromatic carbocycles. The minimum absolute atomic E-state index is 0.0277. The Morgan fingerprint density at radius 3 is 2.05 bits per heavy atom. The molecule has 0 atom stereocenters. The Hall–Kier alpha value is -2.07. The molecule has 3 heterocycles. The summed E-state index contributed by atoms with van der Waals surface area (Å²) in [5.74, 6) is 0. The maximum absolute atomic E-state index is 13.6. The molecule has 6 nitrogen and oxygen atoms in total. The van der Waals surface area contributed by atoms with E-state index in [0.29, 0.717) is 24.3 Å². The van der Waals surface area contributed by atoms with E-state index in [1.807, 2.05) is 11.2 Å². The first-order valence-corrected chi connectivity index (χ1v) is 14.3. The molecule has 1 aromatic rings. The van der Waals surface area contributed by atoms with Crippen LogP contribution in [0.25, 0.3) is 0 Å². The highest BCUT2D eigenvalue weighted by Crippen LogP contribution is 2.43. The first kappa shape index (κ1) is 31.9. The molecule has 0 saturated carbocycles. The van der Waals surface area contributed by atoms with E-state index >= 15 is 0 Å². The second-order valence-corrected chi connectivity index (χ2v) is 11.4. The Kier molecular flexibility index (Phi) is 9.25. The number of benzene rings is 1. The maximum atomic E-state index is 13.6. The summed E-state index contributed by atoms with van der Waals surface area (Å²) in [5, 5.41) is 0. The molecule has 0 aromatic heterocycles. The van der Waals surface area contributed by atoms with Crippen LogP contribution >= 0.6 is 11.9 Å². The van der Waals surface area contributed by atoms with Crippen LogP contribution in [0.4, 0.5) is 50.0 Å². The van der Waals surface area contributed by atoms with Crippen molar-refractivity contribution in [3.63, 3.8) is 0 Å². The number of hydrogen-bond acceptors (Lipinski definition) is 6. The quantitative estimate of drug-likeness (QED) is 0.289. The van der Waals surface area contributed by atoms with Gasteiger partial charge in [0.25, 0.3) is 6.10 Å². The SMILES string of the molecule is CSN1CCCC12CCN(c1cc(C(F)(F)F)ccc1CN1CCN(C(=O)OC(C(F)(F)F)C(F)(F)F)CC1)CC2. The van der Waals surface area contributed by atoms with Crippen molar-refractivity contribution in [1.82, 2.24) is 14.1 Å². The molecule has 16 heteroatoms. The molecule has 0 radical (unpaired) electrons. The number of anilines is 1. The zero-order chi connectivity index (χ0) is 30.2. The number of rotatable bonds is 5. The van der Waals surface area contributed by atoms with Crippen LogP contribution in [0, 0.1) is 0 Å². The molecule has 3 aliphatic heterocycles. The molecule has 0 unspecified atom stereocenters. The molecule has 1 amide bonds. The third-order valence-corrected chi connectivity index (χ3v) is 9.05. The zero-order valence-corrected chi connectivity index (χ0v) is 23.0. The Bertz CT molecular complexity index is 1050. The summed E-state index contributed by atoms with van der Waals surface area (Å²) in [4.78, 5) is 16.6. The van der Waals surface area contributed by atoms with Gasteiger partial charge < -0.3 is 14.5 Å². The second kappa shape index (κ2) is 11.9. The number of carbonyl (C=O) groups excluding carboxylic acids is 1. The van der Waals surface area contributed by atoms with Crippen LogP contribution in [-0.4, -0.2) is 96.3 Å². The first-order chi connectivity index (χ1) is 19.0. The number of nitrogens with zero attached hydrogens (tertiary/aromatic N) is 4. The summed E-state index contributed by atoms with van der Waals surface area (Å²) < 4.78 is 123. The maximum Gasteiger partial charge on any atom is 0.434 e. The minimum Gasteiger partial charge on any atom is -0.426 e. The lowest BCUT2D eigenvalue weighted by molar-refractivity contribution is -0.308. The van der Waals surface area contributed by atoms with Gasteiger partial charge in [0.1, 0.15) is 0 Å². The van der Waals surface area contributed by atoms with Crippen LogP contribution < -0.4 is 4.90 Å². The van der Waals surface area contributed by atoms with Crippen LogP contribution in [-0.2, 0) is 17.5 Å². The molecule has 1 spiro atoms. The van der Waals surface area contributed by atoms with Gasteiger partial charge in [-0.15, -0.1) is 0 Å². The van der Waals surface area contributed by atoms with Crippen molar-refractivity contribution in [1.29, 1.82) is 0 Å². The summed E-state index contributed by atoms with van der Waals surface area (Å²) in [6.45, 7) is 2.09. The third-order valence-electron chi connectivity index (χ3n) is 8.04. The van der Waals surface area contributed by atoms with E-state index in [1.165, 1.54) is 6.07 Å². The van der Waals surface area contributed by atoms with Gasteiger partial charge in [0.15, 0.2) is 0 Å². The van der Waals surface area contributed by atoms with E-state index in [4.69, 9.17) is 0 Å². The fourth-order valence-corrected chi connectivity index (χ4v) is 6.83. The third kappa shape index (κ3) is 7.29. The average Bonchev–Trinajstić information content (AvgIpc) is 3.28. The molecule has 0 bridgehead atoms. The summed E-state index contributed by atoms with van der Waals surface area (Å²) >= 11 is 1.69. The average molecular weight is 623 g/mol. The van der Waals surface area contributed by atoms with E-state index in [0.717, 1.165) is 49.3 Å². The lowest BCUT2D eigenvalue weighted by Crippen LogP contribution is -2.52. The lowest BCUT2D eigenvalue weighted by Gasteiger charge is -2.45. The van der Waals surface area contributed by atoms with E-state index in [1.54, 1.807) is 16.8 Å². The molecular weight excluding hydrogens is 591 g/mol. The van der Waals surface area contributed by atoms with Gasteiger partial charge in [0, 0.05) is 63.6 Å². The fraction of sp³-hybridized carbons (Fsp3) is 0.720. The van der Waals surface area contributed by atoms with Gasteiger partial charge in [0.05, 0.1) is 5.56 Å². The van der Waals surface area contributed by atoms with Gasteiger partial charge in [-0.25, -0.2) is 9.10 Å². The Labute approximate surface area is 235 Å². The van der Waals surface area contributed by atoms with Crippen molar-refractivity contribution in [3.8, 4) is 0 Å². The van der Waals surface area contributed by atoms with Crippen molar-refractivity contribution in [2.45, 2.75) is 62.4 Å². The molecular formula is C25H31F9N4O2S. The molecule has 4 rings (SSSR count). The van der Waals surface area contributed by atoms with E-state index in [-0.39, 0.29) is 38.3 Å². The topological polar surface area (TPSA) is 39.3 Å². The van der Waals surface area contributed by atoms with Crippen molar-refractivity contribution >= 4 is 23.7 Å². The van der Waals surface area contributed by atoms with Crippen molar-refractivity contribution in [3.05, 3.63) is 29.3 Å². The lowest BCUT2D eigenvalue weighted by atomic mass is 9.85. The predicted octanol–water partition coefficient (Wildman–Crippen LogP) is 6.17. The smallest absolute Gasteiger partial charge is 0.426 e. The number of halogens is 9. The highest BCUT2D eigenvalue weighted by Gasteiger charge is 2.60. The summed E-state index contributed by atoms with van der Waals surface area (Å²) in [7, 11) is 0. The van der Waals surface area contributed by atoms with Gasteiger partial charge in [-0.05, 0) is 49.6 Å². The van der Waals surface area contributed by atoms with E-state index in [9.17, 15) is 44.3 Å². The molecule has 3 saturated heterocycles. The van der Waals surface area contributed by atoms with Gasteiger partial charge in [-0.1, -0.05) is 18.0 Å². The number of piperidine rings is 1. The monoisotopic (exact) mass is 622 g/mol. The number of piperazine rings is 1. The molecule has 0 N–H and O–H groups in total. The van der Waals surface area contributed by atoms with Gasteiger partial charge in [-0.2, -0.15) is 39.5 Å². The Morgan fingerprint density at radius 2 is 1.51 bits per heavy atom. The summed E-state index contributed by atoms with van der Waals surface area (Å²) in [5.41, 5.74) is 0.315. The molecule has 0 aliphatic carbocycles. The second-order valence-electron chi connectivity index (χ2n) is 10.6. The standard InChI is InChI=1S/C25H31F9N4O2S/c1-41-38-8-2-5-22(38)6-9-36(10-7-22)19-15-18(23(26,27)28)4-3-17(19)16-35-11-13-37(14-12-35)21(39)40-20(24(29,30)31)25(32,33)34/h3-4,15,20H,2,5-14,16H2,1H3. The van der Waals surface area contributed by atoms with Crippen molar-refractivity contribution in [2.24, 2.45) is 0 Å². The number of hydrogen-bond donors (Lipinski definition) is 0. The molecule has 3 aliphatic rings. The summed E-state index contributed by atoms with van der Waals surface area (Å²) in [6, 6.07) is 3.54. The molecule has 3 fully saturated rings. The fourth-order valence-electron chi connectivity index (χ4n) is 5.85. The molecule has 41 heavy (non-hydrogen) atoms. The Morgan fingerprint density at radius 1 is 0.902 bits per heavy atom. The predicted molar refractivity (Wildman–Crippen MR) is 134 cm³/mol. The number of ether oxygens (including phenoxy) is 1. The number of carbonyl (C=O) groups is 1. The normalized spacial score (nSPS) is 21.2. The van der Waals surface area contributed by atoms with Gasteiger partial charge in [-0.3, -0.25) is 4.90 Å². The number of alkyl halides is 9. The van der Waals surface area contributed by atoms with Gasteiger partial charge >= 0.3 is 24.6 Å². The minimum atomic E-state index is -5.81. The van der Waals surface area contributed by atoms with E-state index < -0.39 is 36.3 Å². The van der Waals surface area contributed by atoms with Crippen LogP contribution in [0.2, 0.25) is 0 Å². The highest BCUT2D eigenvalue weighted by atomic mass is 32.2.